The summed E-state index contributed by atoms with van der Waals surface area (Å²) in [6.45, 7) is 6.71. The van der Waals surface area contributed by atoms with E-state index >= 15 is 0 Å². The number of benzene rings is 1. The summed E-state index contributed by atoms with van der Waals surface area (Å²) in [5.74, 6) is 0.877. The van der Waals surface area contributed by atoms with E-state index in [0.29, 0.717) is 0 Å². The summed E-state index contributed by atoms with van der Waals surface area (Å²) in [6.07, 6.45) is 2.59. The first-order valence-corrected chi connectivity index (χ1v) is 6.05. The third-order valence-electron chi connectivity index (χ3n) is 3.30. The van der Waals surface area contributed by atoms with Gasteiger partial charge in [0.2, 0.25) is 0 Å². The number of hydrogen-bond donors (Lipinski definition) is 0. The Hall–Kier alpha value is -0.690. The average molecular weight is 224 g/mol. The van der Waals surface area contributed by atoms with Gasteiger partial charge in [0.05, 0.1) is 0 Å². The van der Waals surface area contributed by atoms with Crippen LogP contribution < -0.4 is 4.90 Å². The topological polar surface area (TPSA) is 3.24 Å². The third-order valence-corrected chi connectivity index (χ3v) is 3.71. The second kappa shape index (κ2) is 4.44. The van der Waals surface area contributed by atoms with Crippen LogP contribution in [0, 0.1) is 12.8 Å². The van der Waals surface area contributed by atoms with Crippen LogP contribution in [-0.2, 0) is 0 Å². The molecule has 0 unspecified atom stereocenters. The van der Waals surface area contributed by atoms with Crippen molar-refractivity contribution in [1.82, 2.24) is 0 Å². The van der Waals surface area contributed by atoms with Gasteiger partial charge < -0.3 is 4.90 Å². The average Bonchev–Trinajstić information content (AvgIpc) is 2.23. The molecule has 0 aromatic heterocycles. The summed E-state index contributed by atoms with van der Waals surface area (Å²) < 4.78 is 0. The highest BCUT2D eigenvalue weighted by molar-refractivity contribution is 6.31. The Morgan fingerprint density at radius 1 is 1.27 bits per heavy atom. The second-order valence-corrected chi connectivity index (χ2v) is 5.01. The molecule has 82 valence electrons. The maximum absolute atomic E-state index is 6.14. The maximum Gasteiger partial charge on any atom is 0.0455 e. The van der Waals surface area contributed by atoms with Crippen molar-refractivity contribution in [2.75, 3.05) is 18.0 Å². The van der Waals surface area contributed by atoms with E-state index in [1.165, 1.54) is 31.6 Å². The zero-order chi connectivity index (χ0) is 10.8. The maximum atomic E-state index is 6.14. The molecule has 0 spiro atoms. The fraction of sp³-hybridized carbons (Fsp3) is 0.538. The van der Waals surface area contributed by atoms with Crippen LogP contribution in [0.1, 0.15) is 25.3 Å². The molecular formula is C13H18ClN. The van der Waals surface area contributed by atoms with Crippen LogP contribution in [0.5, 0.6) is 0 Å². The van der Waals surface area contributed by atoms with Crippen molar-refractivity contribution in [2.45, 2.75) is 26.7 Å². The van der Waals surface area contributed by atoms with Crippen LogP contribution in [-0.4, -0.2) is 13.1 Å². The molecule has 1 aliphatic heterocycles. The monoisotopic (exact) mass is 223 g/mol. The highest BCUT2D eigenvalue weighted by Crippen LogP contribution is 2.26. The van der Waals surface area contributed by atoms with E-state index in [0.717, 1.165) is 16.5 Å². The van der Waals surface area contributed by atoms with Gasteiger partial charge in [-0.25, -0.2) is 0 Å². The van der Waals surface area contributed by atoms with Gasteiger partial charge in [-0.2, -0.15) is 0 Å². The molecule has 1 nitrogen and oxygen atoms in total. The molecule has 1 aliphatic rings. The molecule has 2 rings (SSSR count). The first-order chi connectivity index (χ1) is 7.16. The molecule has 0 bridgehead atoms. The number of piperidine rings is 1. The minimum Gasteiger partial charge on any atom is -0.371 e. The Morgan fingerprint density at radius 2 is 1.93 bits per heavy atom. The molecule has 0 atom stereocenters. The standard InChI is InChI=1S/C13H18ClN/c1-10-5-7-15(8-6-10)12-4-3-11(2)13(14)9-12/h3-4,9-10H,5-8H2,1-2H3. The molecule has 1 saturated heterocycles. The predicted molar refractivity (Wildman–Crippen MR) is 66.8 cm³/mol. The van der Waals surface area contributed by atoms with E-state index < -0.39 is 0 Å². The zero-order valence-electron chi connectivity index (χ0n) is 9.46. The van der Waals surface area contributed by atoms with Crippen molar-refractivity contribution in [1.29, 1.82) is 0 Å². The van der Waals surface area contributed by atoms with Crippen LogP contribution in [0.25, 0.3) is 0 Å². The fourth-order valence-corrected chi connectivity index (χ4v) is 2.22. The molecule has 0 saturated carbocycles. The molecule has 1 aromatic carbocycles. The van der Waals surface area contributed by atoms with Gasteiger partial charge in [-0.15, -0.1) is 0 Å². The van der Waals surface area contributed by atoms with Gasteiger partial charge in [-0.1, -0.05) is 24.6 Å². The predicted octanol–water partition coefficient (Wildman–Crippen LogP) is 3.88. The van der Waals surface area contributed by atoms with Gasteiger partial charge in [0.15, 0.2) is 0 Å². The third kappa shape index (κ3) is 2.46. The molecule has 1 fully saturated rings. The van der Waals surface area contributed by atoms with E-state index in [1.54, 1.807) is 0 Å². The van der Waals surface area contributed by atoms with Crippen LogP contribution in [0.3, 0.4) is 0 Å². The van der Waals surface area contributed by atoms with E-state index in [9.17, 15) is 0 Å². The van der Waals surface area contributed by atoms with Crippen LogP contribution in [0.15, 0.2) is 18.2 Å². The summed E-state index contributed by atoms with van der Waals surface area (Å²) in [5, 5.41) is 0.881. The van der Waals surface area contributed by atoms with Gasteiger partial charge in [0.25, 0.3) is 0 Å². The number of aryl methyl sites for hydroxylation is 1. The summed E-state index contributed by atoms with van der Waals surface area (Å²) in [7, 11) is 0. The number of nitrogens with zero attached hydrogens (tertiary/aromatic N) is 1. The highest BCUT2D eigenvalue weighted by Gasteiger charge is 2.16. The summed E-state index contributed by atoms with van der Waals surface area (Å²) in [6, 6.07) is 6.37. The van der Waals surface area contributed by atoms with Crippen LogP contribution in [0.2, 0.25) is 5.02 Å². The number of hydrogen-bond acceptors (Lipinski definition) is 1. The largest absolute Gasteiger partial charge is 0.371 e. The highest BCUT2D eigenvalue weighted by atomic mass is 35.5. The molecule has 0 aliphatic carbocycles. The van der Waals surface area contributed by atoms with Crippen LogP contribution >= 0.6 is 11.6 Å². The van der Waals surface area contributed by atoms with E-state index in [-0.39, 0.29) is 0 Å². The molecule has 0 N–H and O–H groups in total. The van der Waals surface area contributed by atoms with Crippen molar-refractivity contribution in [3.63, 3.8) is 0 Å². The molecule has 1 aromatic rings. The lowest BCUT2D eigenvalue weighted by Crippen LogP contribution is -2.32. The summed E-state index contributed by atoms with van der Waals surface area (Å²) in [5.41, 5.74) is 2.43. The number of anilines is 1. The molecule has 15 heavy (non-hydrogen) atoms. The number of rotatable bonds is 1. The zero-order valence-corrected chi connectivity index (χ0v) is 10.2. The second-order valence-electron chi connectivity index (χ2n) is 4.60. The number of halogens is 1. The van der Waals surface area contributed by atoms with Gasteiger partial charge in [0, 0.05) is 23.8 Å². The van der Waals surface area contributed by atoms with Crippen molar-refractivity contribution < 1.29 is 0 Å². The summed E-state index contributed by atoms with van der Waals surface area (Å²) in [4.78, 5) is 2.44. The van der Waals surface area contributed by atoms with Gasteiger partial charge in [-0.3, -0.25) is 0 Å². The fourth-order valence-electron chi connectivity index (χ4n) is 2.05. The molecule has 0 radical (unpaired) electrons. The minimum atomic E-state index is 0.877. The van der Waals surface area contributed by atoms with Crippen molar-refractivity contribution >= 4 is 17.3 Å². The normalized spacial score (nSPS) is 18.2. The van der Waals surface area contributed by atoms with Gasteiger partial charge >= 0.3 is 0 Å². The molecule has 2 heteroatoms. The smallest absolute Gasteiger partial charge is 0.0455 e. The first kappa shape index (κ1) is 10.8. The van der Waals surface area contributed by atoms with Gasteiger partial charge in [-0.05, 0) is 43.4 Å². The SMILES string of the molecule is Cc1ccc(N2CCC(C)CC2)cc1Cl. The Labute approximate surface area is 97.0 Å². The Balaban J connectivity index is 2.12. The Morgan fingerprint density at radius 3 is 2.53 bits per heavy atom. The lowest BCUT2D eigenvalue weighted by Gasteiger charge is -2.32. The van der Waals surface area contributed by atoms with Crippen molar-refractivity contribution in [2.24, 2.45) is 5.92 Å². The summed E-state index contributed by atoms with van der Waals surface area (Å²) >= 11 is 6.14. The molecule has 1 heterocycles. The lowest BCUT2D eigenvalue weighted by atomic mass is 9.99. The Bertz CT molecular complexity index is 340. The lowest BCUT2D eigenvalue weighted by molar-refractivity contribution is 0.438. The van der Waals surface area contributed by atoms with Gasteiger partial charge in [0.1, 0.15) is 0 Å². The van der Waals surface area contributed by atoms with Crippen molar-refractivity contribution in [3.05, 3.63) is 28.8 Å². The first-order valence-electron chi connectivity index (χ1n) is 5.68. The quantitative estimate of drug-likeness (QED) is 0.699. The molecular weight excluding hydrogens is 206 g/mol. The van der Waals surface area contributed by atoms with Crippen LogP contribution in [0.4, 0.5) is 5.69 Å². The van der Waals surface area contributed by atoms with E-state index in [1.807, 2.05) is 6.92 Å². The van der Waals surface area contributed by atoms with E-state index in [2.05, 4.69) is 30.0 Å². The van der Waals surface area contributed by atoms with E-state index in [4.69, 9.17) is 11.6 Å². The molecule has 0 amide bonds. The minimum absolute atomic E-state index is 0.877. The Kier molecular flexibility index (Phi) is 3.20. The van der Waals surface area contributed by atoms with Crippen molar-refractivity contribution in [3.8, 4) is 0 Å².